The van der Waals surface area contributed by atoms with Crippen LogP contribution in [0.15, 0.2) is 0 Å². The van der Waals surface area contributed by atoms with Gasteiger partial charge >= 0.3 is 0 Å². The lowest BCUT2D eigenvalue weighted by Crippen LogP contribution is -2.31. The molecule has 1 saturated carbocycles. The van der Waals surface area contributed by atoms with Crippen LogP contribution in [0.2, 0.25) is 0 Å². The number of rotatable bonds is 7. The van der Waals surface area contributed by atoms with Gasteiger partial charge in [0, 0.05) is 24.4 Å². The standard InChI is InChI=1S/C13H24BrNO2/c14-8-11-17-10-5-9-15-13(16)12-6-3-1-2-4-7-12/h12H,1-11H2,(H,15,16). The van der Waals surface area contributed by atoms with Crippen LogP contribution >= 0.6 is 15.9 Å². The molecule has 1 aliphatic carbocycles. The van der Waals surface area contributed by atoms with E-state index >= 15 is 0 Å². The summed E-state index contributed by atoms with van der Waals surface area (Å²) in [7, 11) is 0. The fourth-order valence-corrected chi connectivity index (χ4v) is 2.46. The molecule has 1 aliphatic rings. The van der Waals surface area contributed by atoms with Crippen LogP contribution in [0.5, 0.6) is 0 Å². The lowest BCUT2D eigenvalue weighted by Gasteiger charge is -2.13. The van der Waals surface area contributed by atoms with Crippen molar-refractivity contribution < 1.29 is 9.53 Å². The molecule has 1 amide bonds. The van der Waals surface area contributed by atoms with Gasteiger partial charge in [0.15, 0.2) is 0 Å². The number of hydrogen-bond donors (Lipinski definition) is 1. The van der Waals surface area contributed by atoms with Crippen molar-refractivity contribution >= 4 is 21.8 Å². The first-order valence-electron chi connectivity index (χ1n) is 6.76. The van der Waals surface area contributed by atoms with Crippen LogP contribution in [0.4, 0.5) is 0 Å². The number of ether oxygens (including phenoxy) is 1. The Bertz CT molecular complexity index is 204. The molecule has 0 spiro atoms. The van der Waals surface area contributed by atoms with Crippen molar-refractivity contribution in [2.45, 2.75) is 44.9 Å². The average Bonchev–Trinajstić information content (AvgIpc) is 2.62. The summed E-state index contributed by atoms with van der Waals surface area (Å²) in [4.78, 5) is 11.9. The van der Waals surface area contributed by atoms with E-state index in [2.05, 4.69) is 21.2 Å². The summed E-state index contributed by atoms with van der Waals surface area (Å²) in [5.41, 5.74) is 0. The molecule has 0 heterocycles. The Morgan fingerprint density at radius 3 is 2.53 bits per heavy atom. The Morgan fingerprint density at radius 1 is 1.18 bits per heavy atom. The minimum absolute atomic E-state index is 0.257. The van der Waals surface area contributed by atoms with Gasteiger partial charge in [-0.15, -0.1) is 0 Å². The van der Waals surface area contributed by atoms with E-state index in [-0.39, 0.29) is 11.8 Å². The van der Waals surface area contributed by atoms with Crippen LogP contribution in [0, 0.1) is 5.92 Å². The van der Waals surface area contributed by atoms with Crippen LogP contribution in [0.25, 0.3) is 0 Å². The van der Waals surface area contributed by atoms with E-state index in [1.807, 2.05) is 0 Å². The van der Waals surface area contributed by atoms with Crippen LogP contribution < -0.4 is 5.32 Å². The SMILES string of the molecule is O=C(NCCCOCCBr)C1CCCCCC1. The highest BCUT2D eigenvalue weighted by Crippen LogP contribution is 2.22. The van der Waals surface area contributed by atoms with Crippen LogP contribution in [-0.2, 0) is 9.53 Å². The lowest BCUT2D eigenvalue weighted by molar-refractivity contribution is -0.125. The smallest absolute Gasteiger partial charge is 0.223 e. The molecule has 0 radical (unpaired) electrons. The van der Waals surface area contributed by atoms with Crippen LogP contribution in [0.3, 0.4) is 0 Å². The molecule has 0 aromatic heterocycles. The highest BCUT2D eigenvalue weighted by Gasteiger charge is 2.19. The predicted molar refractivity (Wildman–Crippen MR) is 73.4 cm³/mol. The molecule has 3 nitrogen and oxygen atoms in total. The normalized spacial score (nSPS) is 17.7. The first kappa shape index (κ1) is 15.0. The molecule has 0 atom stereocenters. The van der Waals surface area contributed by atoms with Gasteiger partial charge in [0.25, 0.3) is 0 Å². The Balaban J connectivity index is 2.03. The Hall–Kier alpha value is -0.0900. The number of halogens is 1. The minimum Gasteiger partial charge on any atom is -0.381 e. The molecule has 1 fully saturated rings. The molecule has 0 bridgehead atoms. The van der Waals surface area contributed by atoms with E-state index in [4.69, 9.17) is 4.74 Å². The largest absolute Gasteiger partial charge is 0.381 e. The first-order valence-corrected chi connectivity index (χ1v) is 7.88. The molecule has 1 N–H and O–H groups in total. The fourth-order valence-electron chi connectivity index (χ4n) is 2.23. The topological polar surface area (TPSA) is 38.3 Å². The van der Waals surface area contributed by atoms with Crippen molar-refractivity contribution in [1.82, 2.24) is 5.32 Å². The number of carbonyl (C=O) groups is 1. The zero-order valence-corrected chi connectivity index (χ0v) is 12.1. The molecule has 4 heteroatoms. The van der Waals surface area contributed by atoms with Gasteiger partial charge in [0.2, 0.25) is 5.91 Å². The molecule has 0 saturated heterocycles. The molecule has 17 heavy (non-hydrogen) atoms. The van der Waals surface area contributed by atoms with Crippen molar-refractivity contribution in [1.29, 1.82) is 0 Å². The van der Waals surface area contributed by atoms with Crippen LogP contribution in [-0.4, -0.2) is 31.0 Å². The van der Waals surface area contributed by atoms with Crippen molar-refractivity contribution in [2.24, 2.45) is 5.92 Å². The summed E-state index contributed by atoms with van der Waals surface area (Å²) in [5, 5.41) is 3.90. The highest BCUT2D eigenvalue weighted by molar-refractivity contribution is 9.09. The third-order valence-corrected chi connectivity index (χ3v) is 3.54. The molecule has 1 rings (SSSR count). The Morgan fingerprint density at radius 2 is 1.88 bits per heavy atom. The summed E-state index contributed by atoms with van der Waals surface area (Å²) < 4.78 is 5.33. The molecular weight excluding hydrogens is 282 g/mol. The summed E-state index contributed by atoms with van der Waals surface area (Å²) in [6.45, 7) is 2.23. The summed E-state index contributed by atoms with van der Waals surface area (Å²) in [6, 6.07) is 0. The van der Waals surface area contributed by atoms with Gasteiger partial charge in [0.1, 0.15) is 0 Å². The average molecular weight is 306 g/mol. The lowest BCUT2D eigenvalue weighted by atomic mass is 9.99. The zero-order valence-electron chi connectivity index (χ0n) is 10.5. The van der Waals surface area contributed by atoms with E-state index in [1.165, 1.54) is 25.7 Å². The quantitative estimate of drug-likeness (QED) is 0.446. The Kier molecular flexibility index (Phi) is 8.71. The van der Waals surface area contributed by atoms with E-state index < -0.39 is 0 Å². The minimum atomic E-state index is 0.257. The maximum Gasteiger partial charge on any atom is 0.223 e. The molecular formula is C13H24BrNO2. The first-order chi connectivity index (χ1) is 8.34. The predicted octanol–water partition coefficient (Wildman–Crippen LogP) is 2.87. The number of hydrogen-bond acceptors (Lipinski definition) is 2. The van der Waals surface area contributed by atoms with Gasteiger partial charge in [-0.1, -0.05) is 41.6 Å². The maximum atomic E-state index is 11.9. The highest BCUT2D eigenvalue weighted by atomic mass is 79.9. The molecule has 0 aromatic rings. The maximum absolute atomic E-state index is 11.9. The van der Waals surface area contributed by atoms with Gasteiger partial charge in [-0.3, -0.25) is 4.79 Å². The van der Waals surface area contributed by atoms with Gasteiger partial charge in [0.05, 0.1) is 6.61 Å². The van der Waals surface area contributed by atoms with Crippen LogP contribution in [0.1, 0.15) is 44.9 Å². The van der Waals surface area contributed by atoms with E-state index in [1.54, 1.807) is 0 Å². The van der Waals surface area contributed by atoms with E-state index in [0.717, 1.165) is 44.4 Å². The number of nitrogens with one attached hydrogen (secondary N) is 1. The van der Waals surface area contributed by atoms with Gasteiger partial charge in [-0.2, -0.15) is 0 Å². The van der Waals surface area contributed by atoms with Crippen molar-refractivity contribution in [3.63, 3.8) is 0 Å². The number of carbonyl (C=O) groups excluding carboxylic acids is 1. The molecule has 0 aliphatic heterocycles. The van der Waals surface area contributed by atoms with E-state index in [0.29, 0.717) is 0 Å². The Labute approximate surface area is 113 Å². The van der Waals surface area contributed by atoms with Crippen molar-refractivity contribution in [3.05, 3.63) is 0 Å². The number of alkyl halides is 1. The van der Waals surface area contributed by atoms with Gasteiger partial charge in [-0.25, -0.2) is 0 Å². The molecule has 100 valence electrons. The summed E-state index contributed by atoms with van der Waals surface area (Å²) in [6.07, 6.45) is 8.08. The molecule has 0 aromatic carbocycles. The zero-order chi connectivity index (χ0) is 12.3. The third kappa shape index (κ3) is 7.04. The third-order valence-electron chi connectivity index (χ3n) is 3.21. The summed E-state index contributed by atoms with van der Waals surface area (Å²) >= 11 is 3.31. The van der Waals surface area contributed by atoms with E-state index in [9.17, 15) is 4.79 Å². The summed E-state index contributed by atoms with van der Waals surface area (Å²) in [5.74, 6) is 0.522. The molecule has 0 unspecified atom stereocenters. The van der Waals surface area contributed by atoms with Gasteiger partial charge in [-0.05, 0) is 19.3 Å². The monoisotopic (exact) mass is 305 g/mol. The second kappa shape index (κ2) is 9.89. The fraction of sp³-hybridized carbons (Fsp3) is 0.923. The second-order valence-corrected chi connectivity index (χ2v) is 5.43. The van der Waals surface area contributed by atoms with Crippen molar-refractivity contribution in [2.75, 3.05) is 25.1 Å². The number of amides is 1. The van der Waals surface area contributed by atoms with Crippen molar-refractivity contribution in [3.8, 4) is 0 Å². The second-order valence-electron chi connectivity index (χ2n) is 4.63. The van der Waals surface area contributed by atoms with Gasteiger partial charge < -0.3 is 10.1 Å².